The van der Waals surface area contributed by atoms with E-state index < -0.39 is 5.91 Å². The third kappa shape index (κ3) is 2.90. The molecule has 0 radical (unpaired) electrons. The number of ether oxygens (including phenoxy) is 1. The number of primary amides is 1. The molecule has 134 valence electrons. The molecule has 1 aromatic rings. The third-order valence-electron chi connectivity index (χ3n) is 6.34. The van der Waals surface area contributed by atoms with E-state index >= 15 is 0 Å². The molecule has 3 N–H and O–H groups in total. The quantitative estimate of drug-likeness (QED) is 0.804. The lowest BCUT2D eigenvalue weighted by Crippen LogP contribution is -2.35. The molecular weight excluding hydrogens is 318 g/mol. The zero-order chi connectivity index (χ0) is 18.2. The van der Waals surface area contributed by atoms with Gasteiger partial charge in [0.1, 0.15) is 5.75 Å². The van der Waals surface area contributed by atoms with Crippen LogP contribution in [-0.4, -0.2) is 24.1 Å². The van der Waals surface area contributed by atoms with Crippen LogP contribution in [0.4, 0.5) is 0 Å². The molecule has 0 heterocycles. The van der Waals surface area contributed by atoms with Gasteiger partial charge in [-0.15, -0.1) is 0 Å². The molecule has 2 aliphatic rings. The van der Waals surface area contributed by atoms with Crippen LogP contribution in [-0.2, 0) is 4.79 Å². The van der Waals surface area contributed by atoms with E-state index in [9.17, 15) is 9.59 Å². The molecule has 2 atom stereocenters. The summed E-state index contributed by atoms with van der Waals surface area (Å²) in [5.41, 5.74) is 9.48. The predicted octanol–water partition coefficient (Wildman–Crippen LogP) is 2.48. The second kappa shape index (κ2) is 6.17. The van der Waals surface area contributed by atoms with Gasteiger partial charge >= 0.3 is 0 Å². The number of hydrogen-bond acceptors (Lipinski definition) is 4. The van der Waals surface area contributed by atoms with E-state index in [0.29, 0.717) is 11.7 Å². The van der Waals surface area contributed by atoms with Crippen LogP contribution in [0.2, 0.25) is 0 Å². The summed E-state index contributed by atoms with van der Waals surface area (Å²) in [6, 6.07) is 6.58. The standard InChI is InChI=1S/C19H25N3O3/c1-18(2)12-8-9-19(18,3)15(10-12)21-22-16(23)11-25-14-7-5-4-6-13(14)17(20)24/h4-7,12H,8-11H2,1-3H3,(H2,20,24)(H,22,23)/b21-15+/t12-,19+/m0/s1. The molecule has 2 bridgehead atoms. The Balaban J connectivity index is 1.61. The van der Waals surface area contributed by atoms with Gasteiger partial charge in [-0.05, 0) is 42.7 Å². The van der Waals surface area contributed by atoms with Crippen LogP contribution in [0.3, 0.4) is 0 Å². The summed E-state index contributed by atoms with van der Waals surface area (Å²) in [7, 11) is 0. The highest BCUT2D eigenvalue weighted by atomic mass is 16.5. The highest BCUT2D eigenvalue weighted by Gasteiger charge is 2.59. The van der Waals surface area contributed by atoms with Gasteiger partial charge in [0, 0.05) is 11.1 Å². The first-order chi connectivity index (χ1) is 11.8. The molecule has 1 aromatic carbocycles. The van der Waals surface area contributed by atoms with Crippen molar-refractivity contribution in [3.63, 3.8) is 0 Å². The number of nitrogens with one attached hydrogen (secondary N) is 1. The zero-order valence-electron chi connectivity index (χ0n) is 15.0. The third-order valence-corrected chi connectivity index (χ3v) is 6.34. The van der Waals surface area contributed by atoms with Gasteiger partial charge in [0.15, 0.2) is 6.61 Å². The van der Waals surface area contributed by atoms with Gasteiger partial charge in [0.05, 0.1) is 5.56 Å². The minimum Gasteiger partial charge on any atom is -0.483 e. The van der Waals surface area contributed by atoms with Gasteiger partial charge in [-0.25, -0.2) is 5.43 Å². The van der Waals surface area contributed by atoms with Crippen LogP contribution in [0.5, 0.6) is 5.75 Å². The number of benzene rings is 1. The van der Waals surface area contributed by atoms with E-state index in [1.165, 1.54) is 6.42 Å². The maximum absolute atomic E-state index is 12.1. The molecule has 6 nitrogen and oxygen atoms in total. The topological polar surface area (TPSA) is 93.8 Å². The average molecular weight is 343 g/mol. The first-order valence-corrected chi connectivity index (χ1v) is 8.63. The number of hydrogen-bond donors (Lipinski definition) is 2. The summed E-state index contributed by atoms with van der Waals surface area (Å²) >= 11 is 0. The van der Waals surface area contributed by atoms with Gasteiger partial charge in [-0.3, -0.25) is 9.59 Å². The number of amides is 2. The Morgan fingerprint density at radius 3 is 2.64 bits per heavy atom. The Morgan fingerprint density at radius 2 is 2.04 bits per heavy atom. The van der Waals surface area contributed by atoms with Gasteiger partial charge in [-0.2, -0.15) is 5.10 Å². The lowest BCUT2D eigenvalue weighted by atomic mass is 9.70. The fourth-order valence-electron chi connectivity index (χ4n) is 4.20. The number of fused-ring (bicyclic) bond motifs is 2. The SMILES string of the molecule is CC1(C)[C@H]2CC[C@]1(C)/C(=N/NC(=O)COc1ccccc1C(N)=O)C2. The van der Waals surface area contributed by atoms with Crippen molar-refractivity contribution in [3.05, 3.63) is 29.8 Å². The highest BCUT2D eigenvalue weighted by Crippen LogP contribution is 2.63. The number of carbonyl (C=O) groups is 2. The number of carbonyl (C=O) groups excluding carboxylic acids is 2. The number of nitrogens with two attached hydrogens (primary N) is 1. The average Bonchev–Trinajstić information content (AvgIpc) is 2.91. The molecule has 2 saturated carbocycles. The van der Waals surface area contributed by atoms with Crippen molar-refractivity contribution in [1.82, 2.24) is 5.43 Å². The number of hydrazone groups is 1. The van der Waals surface area contributed by atoms with E-state index in [-0.39, 0.29) is 28.9 Å². The molecule has 0 aromatic heterocycles. The maximum Gasteiger partial charge on any atom is 0.277 e. The van der Waals surface area contributed by atoms with Crippen molar-refractivity contribution >= 4 is 17.5 Å². The summed E-state index contributed by atoms with van der Waals surface area (Å²) in [5, 5.41) is 4.39. The summed E-state index contributed by atoms with van der Waals surface area (Å²) in [6.45, 7) is 6.60. The molecule has 25 heavy (non-hydrogen) atoms. The van der Waals surface area contributed by atoms with E-state index in [1.807, 2.05) is 0 Å². The van der Waals surface area contributed by atoms with Gasteiger partial charge < -0.3 is 10.5 Å². The van der Waals surface area contributed by atoms with Crippen LogP contribution in [0.1, 0.15) is 50.4 Å². The minimum atomic E-state index is -0.589. The number of para-hydroxylation sites is 1. The molecule has 6 heteroatoms. The van der Waals surface area contributed by atoms with Crippen LogP contribution >= 0.6 is 0 Å². The number of nitrogens with zero attached hydrogens (tertiary/aromatic N) is 1. The Kier molecular flexibility index (Phi) is 4.31. The lowest BCUT2D eigenvalue weighted by molar-refractivity contribution is -0.123. The molecule has 0 spiro atoms. The summed E-state index contributed by atoms with van der Waals surface area (Å²) in [4.78, 5) is 23.4. The van der Waals surface area contributed by atoms with Gasteiger partial charge in [-0.1, -0.05) is 32.9 Å². The first-order valence-electron chi connectivity index (χ1n) is 8.63. The van der Waals surface area contributed by atoms with Crippen molar-refractivity contribution in [3.8, 4) is 5.75 Å². The summed E-state index contributed by atoms with van der Waals surface area (Å²) in [5.74, 6) is -0.0120. The Bertz CT molecular complexity index is 741. The second-order valence-electron chi connectivity index (χ2n) is 7.74. The first kappa shape index (κ1) is 17.5. The monoisotopic (exact) mass is 343 g/mol. The summed E-state index contributed by atoms with van der Waals surface area (Å²) in [6.07, 6.45) is 3.28. The van der Waals surface area contributed by atoms with Crippen LogP contribution in [0.25, 0.3) is 0 Å². The smallest absolute Gasteiger partial charge is 0.277 e. The van der Waals surface area contributed by atoms with Crippen LogP contribution in [0, 0.1) is 16.7 Å². The van der Waals surface area contributed by atoms with Crippen LogP contribution in [0.15, 0.2) is 29.4 Å². The second-order valence-corrected chi connectivity index (χ2v) is 7.74. The van der Waals surface area contributed by atoms with Crippen molar-refractivity contribution in [2.75, 3.05) is 6.61 Å². The van der Waals surface area contributed by atoms with E-state index in [0.717, 1.165) is 18.6 Å². The van der Waals surface area contributed by atoms with Crippen molar-refractivity contribution in [2.45, 2.75) is 40.0 Å². The fraction of sp³-hybridized carbons (Fsp3) is 0.526. The Hall–Kier alpha value is -2.37. The Morgan fingerprint density at radius 1 is 1.32 bits per heavy atom. The zero-order valence-corrected chi connectivity index (χ0v) is 15.0. The maximum atomic E-state index is 12.1. The highest BCUT2D eigenvalue weighted by molar-refractivity contribution is 5.96. The minimum absolute atomic E-state index is 0.0460. The van der Waals surface area contributed by atoms with Crippen LogP contribution < -0.4 is 15.9 Å². The normalized spacial score (nSPS) is 28.1. The predicted molar refractivity (Wildman–Crippen MR) is 95.3 cm³/mol. The summed E-state index contributed by atoms with van der Waals surface area (Å²) < 4.78 is 5.42. The van der Waals surface area contributed by atoms with Crippen molar-refractivity contribution in [2.24, 2.45) is 27.6 Å². The molecule has 0 unspecified atom stereocenters. The van der Waals surface area contributed by atoms with E-state index in [2.05, 4.69) is 31.3 Å². The molecule has 0 saturated heterocycles. The molecule has 3 rings (SSSR count). The van der Waals surface area contributed by atoms with E-state index in [4.69, 9.17) is 10.5 Å². The van der Waals surface area contributed by atoms with Crippen molar-refractivity contribution in [1.29, 1.82) is 0 Å². The Labute approximate surface area is 147 Å². The van der Waals surface area contributed by atoms with Gasteiger partial charge in [0.25, 0.3) is 11.8 Å². The number of rotatable bonds is 5. The molecule has 2 aliphatic carbocycles. The van der Waals surface area contributed by atoms with Crippen molar-refractivity contribution < 1.29 is 14.3 Å². The van der Waals surface area contributed by atoms with E-state index in [1.54, 1.807) is 24.3 Å². The molecule has 2 fully saturated rings. The largest absolute Gasteiger partial charge is 0.483 e. The molecule has 2 amide bonds. The lowest BCUT2D eigenvalue weighted by Gasteiger charge is -2.34. The molecule has 0 aliphatic heterocycles. The van der Waals surface area contributed by atoms with Gasteiger partial charge in [0.2, 0.25) is 0 Å². The molecular formula is C19H25N3O3. The fourth-order valence-corrected chi connectivity index (χ4v) is 4.20.